The molecule has 0 unspecified atom stereocenters. The van der Waals surface area contributed by atoms with Crippen molar-refractivity contribution in [3.63, 3.8) is 0 Å². The van der Waals surface area contributed by atoms with Crippen LogP contribution < -0.4 is 0 Å². The fourth-order valence-corrected chi connectivity index (χ4v) is 1.23. The highest BCUT2D eigenvalue weighted by molar-refractivity contribution is 14.1. The van der Waals surface area contributed by atoms with E-state index in [9.17, 15) is 0 Å². The van der Waals surface area contributed by atoms with Crippen LogP contribution in [0.15, 0.2) is 48.8 Å². The summed E-state index contributed by atoms with van der Waals surface area (Å²) in [5, 5.41) is 0. The van der Waals surface area contributed by atoms with Gasteiger partial charge in [-0.2, -0.15) is 0 Å². The maximum Gasteiger partial charge on any atom is 0.114 e. The van der Waals surface area contributed by atoms with Gasteiger partial charge >= 0.3 is 0 Å². The highest BCUT2D eigenvalue weighted by Gasteiger charge is 1.97. The third-order valence-corrected chi connectivity index (χ3v) is 2.52. The van der Waals surface area contributed by atoms with Crippen molar-refractivity contribution in [1.82, 2.24) is 0 Å². The SMILES string of the molecule is C=C(C)C(=C)OCc1ccc(I)cc1. The molecule has 0 aromatic heterocycles. The molecule has 14 heavy (non-hydrogen) atoms. The Balaban J connectivity index is 2.50. The van der Waals surface area contributed by atoms with Crippen molar-refractivity contribution in [2.75, 3.05) is 0 Å². The molecule has 0 saturated heterocycles. The van der Waals surface area contributed by atoms with Gasteiger partial charge in [-0.15, -0.1) is 0 Å². The lowest BCUT2D eigenvalue weighted by atomic mass is 10.2. The molecule has 1 rings (SSSR count). The molecule has 0 aliphatic rings. The number of ether oxygens (including phenoxy) is 1. The molecule has 0 radical (unpaired) electrons. The van der Waals surface area contributed by atoms with E-state index in [-0.39, 0.29) is 0 Å². The van der Waals surface area contributed by atoms with Gasteiger partial charge in [0.15, 0.2) is 0 Å². The Labute approximate surface area is 98.6 Å². The first-order chi connectivity index (χ1) is 6.59. The maximum atomic E-state index is 5.43. The van der Waals surface area contributed by atoms with Crippen LogP contribution in [-0.4, -0.2) is 0 Å². The molecular formula is C12H13IO. The third-order valence-electron chi connectivity index (χ3n) is 1.80. The quantitative estimate of drug-likeness (QED) is 0.465. The zero-order chi connectivity index (χ0) is 10.6. The maximum absolute atomic E-state index is 5.43. The van der Waals surface area contributed by atoms with Gasteiger partial charge in [-0.05, 0) is 52.8 Å². The number of rotatable bonds is 4. The summed E-state index contributed by atoms with van der Waals surface area (Å²) < 4.78 is 6.66. The lowest BCUT2D eigenvalue weighted by Gasteiger charge is -2.08. The van der Waals surface area contributed by atoms with E-state index in [2.05, 4.69) is 47.9 Å². The Morgan fingerprint density at radius 2 is 1.86 bits per heavy atom. The first kappa shape index (κ1) is 11.3. The van der Waals surface area contributed by atoms with E-state index in [0.717, 1.165) is 11.1 Å². The Kier molecular flexibility index (Phi) is 4.20. The molecule has 0 fully saturated rings. The van der Waals surface area contributed by atoms with Crippen LogP contribution in [0.3, 0.4) is 0 Å². The van der Waals surface area contributed by atoms with Crippen LogP contribution in [0.2, 0.25) is 0 Å². The zero-order valence-electron chi connectivity index (χ0n) is 8.22. The van der Waals surface area contributed by atoms with Crippen molar-refractivity contribution in [1.29, 1.82) is 0 Å². The van der Waals surface area contributed by atoms with Crippen molar-refractivity contribution >= 4 is 22.6 Å². The molecule has 1 nitrogen and oxygen atoms in total. The summed E-state index contributed by atoms with van der Waals surface area (Å²) >= 11 is 2.28. The van der Waals surface area contributed by atoms with E-state index >= 15 is 0 Å². The second kappa shape index (κ2) is 5.20. The summed E-state index contributed by atoms with van der Waals surface area (Å²) in [5.41, 5.74) is 2.02. The molecule has 1 aromatic rings. The van der Waals surface area contributed by atoms with Gasteiger partial charge in [0.2, 0.25) is 0 Å². The molecule has 0 bridgehead atoms. The van der Waals surface area contributed by atoms with Gasteiger partial charge in [-0.1, -0.05) is 25.3 Å². The van der Waals surface area contributed by atoms with Crippen LogP contribution in [0.4, 0.5) is 0 Å². The molecule has 0 atom stereocenters. The van der Waals surface area contributed by atoms with Gasteiger partial charge in [0.1, 0.15) is 12.4 Å². The smallest absolute Gasteiger partial charge is 0.114 e. The standard InChI is InChI=1S/C12H13IO/c1-9(2)10(3)14-8-11-4-6-12(13)7-5-11/h4-7H,1,3,8H2,2H3. The fourth-order valence-electron chi connectivity index (χ4n) is 0.874. The predicted molar refractivity (Wildman–Crippen MR) is 67.9 cm³/mol. The second-order valence-corrected chi connectivity index (χ2v) is 4.36. The molecule has 0 spiro atoms. The van der Waals surface area contributed by atoms with E-state index in [1.54, 1.807) is 0 Å². The van der Waals surface area contributed by atoms with Gasteiger partial charge in [-0.3, -0.25) is 0 Å². The molecule has 0 amide bonds. The van der Waals surface area contributed by atoms with Gasteiger partial charge in [0.25, 0.3) is 0 Å². The van der Waals surface area contributed by atoms with Gasteiger partial charge in [0.05, 0.1) is 0 Å². The Morgan fingerprint density at radius 1 is 1.29 bits per heavy atom. The first-order valence-corrected chi connectivity index (χ1v) is 5.39. The molecule has 0 N–H and O–H groups in total. The zero-order valence-corrected chi connectivity index (χ0v) is 10.4. The highest BCUT2D eigenvalue weighted by Crippen LogP contribution is 2.11. The second-order valence-electron chi connectivity index (χ2n) is 3.12. The monoisotopic (exact) mass is 300 g/mol. The number of hydrogen-bond acceptors (Lipinski definition) is 1. The largest absolute Gasteiger partial charge is 0.489 e. The summed E-state index contributed by atoms with van der Waals surface area (Å²) in [6.07, 6.45) is 0. The minimum atomic E-state index is 0.558. The number of allylic oxidation sites excluding steroid dienone is 1. The Bertz CT molecular complexity index is 338. The molecular weight excluding hydrogens is 287 g/mol. The minimum absolute atomic E-state index is 0.558. The number of halogens is 1. The summed E-state index contributed by atoms with van der Waals surface area (Å²) in [5.74, 6) is 0.656. The summed E-state index contributed by atoms with van der Waals surface area (Å²) in [6.45, 7) is 9.96. The lowest BCUT2D eigenvalue weighted by molar-refractivity contribution is 0.208. The minimum Gasteiger partial charge on any atom is -0.489 e. The van der Waals surface area contributed by atoms with Gasteiger partial charge in [-0.25, -0.2) is 0 Å². The Morgan fingerprint density at radius 3 is 2.36 bits per heavy atom. The van der Waals surface area contributed by atoms with E-state index in [1.807, 2.05) is 19.1 Å². The summed E-state index contributed by atoms with van der Waals surface area (Å²) in [6, 6.07) is 8.21. The van der Waals surface area contributed by atoms with Crippen molar-refractivity contribution < 1.29 is 4.74 Å². The highest BCUT2D eigenvalue weighted by atomic mass is 127. The van der Waals surface area contributed by atoms with Crippen LogP contribution in [0.1, 0.15) is 12.5 Å². The summed E-state index contributed by atoms with van der Waals surface area (Å²) in [7, 11) is 0. The number of hydrogen-bond donors (Lipinski definition) is 0. The van der Waals surface area contributed by atoms with E-state index in [1.165, 1.54) is 3.57 Å². The molecule has 1 aromatic carbocycles. The lowest BCUT2D eigenvalue weighted by Crippen LogP contribution is -1.93. The fraction of sp³-hybridized carbons (Fsp3) is 0.167. The average molecular weight is 300 g/mol. The summed E-state index contributed by atoms with van der Waals surface area (Å²) in [4.78, 5) is 0. The normalized spacial score (nSPS) is 9.57. The molecule has 0 saturated carbocycles. The number of benzene rings is 1. The van der Waals surface area contributed by atoms with Crippen molar-refractivity contribution in [2.45, 2.75) is 13.5 Å². The average Bonchev–Trinajstić information content (AvgIpc) is 2.16. The van der Waals surface area contributed by atoms with Crippen molar-refractivity contribution in [3.8, 4) is 0 Å². The van der Waals surface area contributed by atoms with Gasteiger partial charge < -0.3 is 4.74 Å². The first-order valence-electron chi connectivity index (χ1n) is 4.31. The van der Waals surface area contributed by atoms with Crippen LogP contribution in [0, 0.1) is 3.57 Å². The van der Waals surface area contributed by atoms with Crippen LogP contribution in [0.5, 0.6) is 0 Å². The molecule has 0 aliphatic heterocycles. The molecule has 0 aliphatic carbocycles. The molecule has 74 valence electrons. The topological polar surface area (TPSA) is 9.23 Å². The third kappa shape index (κ3) is 3.54. The van der Waals surface area contributed by atoms with E-state index < -0.39 is 0 Å². The van der Waals surface area contributed by atoms with Crippen LogP contribution in [0.25, 0.3) is 0 Å². The van der Waals surface area contributed by atoms with Crippen molar-refractivity contribution in [3.05, 3.63) is 57.9 Å². The Hall–Kier alpha value is -0.770. The van der Waals surface area contributed by atoms with E-state index in [0.29, 0.717) is 12.4 Å². The molecule has 0 heterocycles. The predicted octanol–water partition coefficient (Wildman–Crippen LogP) is 3.90. The van der Waals surface area contributed by atoms with Crippen LogP contribution in [-0.2, 0) is 11.3 Å². The van der Waals surface area contributed by atoms with Crippen molar-refractivity contribution in [2.24, 2.45) is 0 Å². The molecule has 2 heteroatoms. The van der Waals surface area contributed by atoms with Crippen LogP contribution >= 0.6 is 22.6 Å². The van der Waals surface area contributed by atoms with Gasteiger partial charge in [0, 0.05) is 3.57 Å². The van der Waals surface area contributed by atoms with E-state index in [4.69, 9.17) is 4.74 Å².